The molecule has 130 valence electrons. The number of carbonyl (C=O) groups excluding carboxylic acids is 2. The van der Waals surface area contributed by atoms with E-state index in [9.17, 15) is 14.0 Å². The van der Waals surface area contributed by atoms with Gasteiger partial charge in [0.1, 0.15) is 5.82 Å². The zero-order valence-corrected chi connectivity index (χ0v) is 13.9. The highest BCUT2D eigenvalue weighted by Crippen LogP contribution is 2.12. The number of benzene rings is 3. The lowest BCUT2D eigenvalue weighted by Gasteiger charge is -2.08. The van der Waals surface area contributed by atoms with E-state index in [1.54, 1.807) is 18.2 Å². The van der Waals surface area contributed by atoms with Crippen LogP contribution in [0.1, 0.15) is 26.3 Å². The molecular weight excluding hydrogens is 331 g/mol. The smallest absolute Gasteiger partial charge is 0.255 e. The summed E-state index contributed by atoms with van der Waals surface area (Å²) in [6.45, 7) is 0.408. The highest BCUT2D eigenvalue weighted by molar-refractivity contribution is 6.06. The molecule has 0 spiro atoms. The molecule has 0 aromatic heterocycles. The predicted octanol–water partition coefficient (Wildman–Crippen LogP) is 4.01. The van der Waals surface area contributed by atoms with E-state index in [1.165, 1.54) is 30.3 Å². The van der Waals surface area contributed by atoms with Gasteiger partial charge in [-0.25, -0.2) is 4.39 Å². The maximum Gasteiger partial charge on any atom is 0.255 e. The third-order valence-electron chi connectivity index (χ3n) is 3.78. The molecular formula is C21H17FN2O2. The van der Waals surface area contributed by atoms with Crippen LogP contribution in [-0.2, 0) is 6.54 Å². The molecule has 0 aliphatic rings. The number of hydrogen-bond donors (Lipinski definition) is 2. The molecule has 0 heterocycles. The van der Waals surface area contributed by atoms with Gasteiger partial charge in [-0.2, -0.15) is 0 Å². The molecule has 0 aliphatic carbocycles. The van der Waals surface area contributed by atoms with Crippen LogP contribution in [0.2, 0.25) is 0 Å². The van der Waals surface area contributed by atoms with Gasteiger partial charge in [-0.3, -0.25) is 9.59 Å². The van der Waals surface area contributed by atoms with Crippen molar-refractivity contribution in [1.82, 2.24) is 5.32 Å². The number of nitrogens with one attached hydrogen (secondary N) is 2. The van der Waals surface area contributed by atoms with Crippen molar-refractivity contribution in [1.29, 1.82) is 0 Å². The minimum atomic E-state index is -0.375. The molecule has 0 unspecified atom stereocenters. The Balaban J connectivity index is 1.66. The molecule has 3 aromatic carbocycles. The fraction of sp³-hybridized carbons (Fsp3) is 0.0476. The normalized spacial score (nSPS) is 10.2. The van der Waals surface area contributed by atoms with Crippen molar-refractivity contribution in [3.63, 3.8) is 0 Å². The molecule has 3 aromatic rings. The molecule has 5 heteroatoms. The van der Waals surface area contributed by atoms with Crippen LogP contribution in [0, 0.1) is 5.82 Å². The Bertz CT molecular complexity index is 909. The predicted molar refractivity (Wildman–Crippen MR) is 98.4 cm³/mol. The van der Waals surface area contributed by atoms with Gasteiger partial charge in [0.2, 0.25) is 0 Å². The summed E-state index contributed by atoms with van der Waals surface area (Å²) in [7, 11) is 0. The summed E-state index contributed by atoms with van der Waals surface area (Å²) in [5.74, 6) is -1.00. The minimum absolute atomic E-state index is 0.259. The zero-order chi connectivity index (χ0) is 18.4. The number of amides is 2. The SMILES string of the molecule is O=C(NCc1ccccc1)c1cccc(C(=O)Nc2ccc(F)cc2)c1. The Morgan fingerprint density at radius 3 is 2.12 bits per heavy atom. The van der Waals surface area contributed by atoms with Crippen molar-refractivity contribution in [3.05, 3.63) is 101 Å². The van der Waals surface area contributed by atoms with Crippen molar-refractivity contribution in [2.75, 3.05) is 5.32 Å². The first kappa shape index (κ1) is 17.4. The molecule has 0 saturated carbocycles. The maximum absolute atomic E-state index is 12.9. The standard InChI is InChI=1S/C21H17FN2O2/c22-18-9-11-19(12-10-18)24-21(26)17-8-4-7-16(13-17)20(25)23-14-15-5-2-1-3-6-15/h1-13H,14H2,(H,23,25)(H,24,26). The molecule has 0 saturated heterocycles. The van der Waals surface area contributed by atoms with Crippen molar-refractivity contribution in [2.45, 2.75) is 6.54 Å². The second kappa shape index (κ2) is 8.07. The van der Waals surface area contributed by atoms with Gasteiger partial charge >= 0.3 is 0 Å². The number of carbonyl (C=O) groups is 2. The van der Waals surface area contributed by atoms with Crippen LogP contribution in [0.15, 0.2) is 78.9 Å². The fourth-order valence-corrected chi connectivity index (χ4v) is 2.42. The molecule has 0 atom stereocenters. The molecule has 0 fully saturated rings. The lowest BCUT2D eigenvalue weighted by atomic mass is 10.1. The van der Waals surface area contributed by atoms with Crippen molar-refractivity contribution >= 4 is 17.5 Å². The third-order valence-corrected chi connectivity index (χ3v) is 3.78. The first-order valence-corrected chi connectivity index (χ1v) is 8.11. The summed E-state index contributed by atoms with van der Waals surface area (Å²) in [4.78, 5) is 24.6. The lowest BCUT2D eigenvalue weighted by Crippen LogP contribution is -2.23. The third kappa shape index (κ3) is 4.54. The van der Waals surface area contributed by atoms with Gasteiger partial charge in [0.15, 0.2) is 0 Å². The van der Waals surface area contributed by atoms with Crippen LogP contribution < -0.4 is 10.6 Å². The quantitative estimate of drug-likeness (QED) is 0.732. The average Bonchev–Trinajstić information content (AvgIpc) is 2.69. The van der Waals surface area contributed by atoms with E-state index in [0.717, 1.165) is 5.56 Å². The summed E-state index contributed by atoms with van der Waals surface area (Å²) < 4.78 is 12.9. The number of hydrogen-bond acceptors (Lipinski definition) is 2. The van der Waals surface area contributed by atoms with E-state index in [-0.39, 0.29) is 17.6 Å². The van der Waals surface area contributed by atoms with Gasteiger partial charge in [0.25, 0.3) is 11.8 Å². The van der Waals surface area contributed by atoms with Gasteiger partial charge in [-0.05, 0) is 48.0 Å². The maximum atomic E-state index is 12.9. The van der Waals surface area contributed by atoms with Crippen LogP contribution in [0.5, 0.6) is 0 Å². The van der Waals surface area contributed by atoms with Crippen LogP contribution >= 0.6 is 0 Å². The number of halogens is 1. The highest BCUT2D eigenvalue weighted by Gasteiger charge is 2.11. The summed E-state index contributed by atoms with van der Waals surface area (Å²) in [5.41, 5.74) is 2.22. The minimum Gasteiger partial charge on any atom is -0.348 e. The van der Waals surface area contributed by atoms with Crippen LogP contribution in [0.3, 0.4) is 0 Å². The molecule has 2 N–H and O–H groups in total. The fourth-order valence-electron chi connectivity index (χ4n) is 2.42. The summed E-state index contributed by atoms with van der Waals surface area (Å²) >= 11 is 0. The van der Waals surface area contributed by atoms with E-state index < -0.39 is 0 Å². The van der Waals surface area contributed by atoms with E-state index in [0.29, 0.717) is 23.4 Å². The molecule has 0 radical (unpaired) electrons. The van der Waals surface area contributed by atoms with Gasteiger partial charge in [-0.1, -0.05) is 36.4 Å². The first-order chi connectivity index (χ1) is 12.6. The Hall–Kier alpha value is -3.47. The Labute approximate surface area is 150 Å². The second-order valence-corrected chi connectivity index (χ2v) is 5.71. The van der Waals surface area contributed by atoms with E-state index in [1.807, 2.05) is 30.3 Å². The van der Waals surface area contributed by atoms with E-state index >= 15 is 0 Å². The van der Waals surface area contributed by atoms with Crippen LogP contribution in [-0.4, -0.2) is 11.8 Å². The summed E-state index contributed by atoms with van der Waals surface area (Å²) in [6, 6.07) is 21.5. The topological polar surface area (TPSA) is 58.2 Å². The average molecular weight is 348 g/mol. The Morgan fingerprint density at radius 2 is 1.42 bits per heavy atom. The van der Waals surface area contributed by atoms with E-state index in [2.05, 4.69) is 10.6 Å². The van der Waals surface area contributed by atoms with E-state index in [4.69, 9.17) is 0 Å². The van der Waals surface area contributed by atoms with Crippen molar-refractivity contribution in [2.24, 2.45) is 0 Å². The number of rotatable bonds is 5. The largest absolute Gasteiger partial charge is 0.348 e. The molecule has 0 bridgehead atoms. The Kier molecular flexibility index (Phi) is 5.39. The summed E-state index contributed by atoms with van der Waals surface area (Å²) in [5, 5.41) is 5.50. The Morgan fingerprint density at radius 1 is 0.769 bits per heavy atom. The van der Waals surface area contributed by atoms with Gasteiger partial charge < -0.3 is 10.6 Å². The summed E-state index contributed by atoms with van der Waals surface area (Å²) in [6.07, 6.45) is 0. The lowest BCUT2D eigenvalue weighted by molar-refractivity contribution is 0.0951. The van der Waals surface area contributed by atoms with Gasteiger partial charge in [-0.15, -0.1) is 0 Å². The first-order valence-electron chi connectivity index (χ1n) is 8.11. The number of anilines is 1. The monoisotopic (exact) mass is 348 g/mol. The molecule has 3 rings (SSSR count). The second-order valence-electron chi connectivity index (χ2n) is 5.71. The van der Waals surface area contributed by atoms with Crippen LogP contribution in [0.25, 0.3) is 0 Å². The van der Waals surface area contributed by atoms with Crippen molar-refractivity contribution < 1.29 is 14.0 Å². The van der Waals surface area contributed by atoms with Gasteiger partial charge in [0, 0.05) is 23.4 Å². The highest BCUT2D eigenvalue weighted by atomic mass is 19.1. The van der Waals surface area contributed by atoms with Gasteiger partial charge in [0.05, 0.1) is 0 Å². The molecule has 4 nitrogen and oxygen atoms in total. The van der Waals surface area contributed by atoms with Crippen LogP contribution in [0.4, 0.5) is 10.1 Å². The molecule has 0 aliphatic heterocycles. The zero-order valence-electron chi connectivity index (χ0n) is 13.9. The molecule has 2 amide bonds. The van der Waals surface area contributed by atoms with Crippen molar-refractivity contribution in [3.8, 4) is 0 Å². The molecule has 26 heavy (non-hydrogen) atoms.